The first kappa shape index (κ1) is 18.9. The lowest BCUT2D eigenvalue weighted by molar-refractivity contribution is 0.102. The Bertz CT molecular complexity index is 1100. The van der Waals surface area contributed by atoms with Gasteiger partial charge in [0.2, 0.25) is 0 Å². The summed E-state index contributed by atoms with van der Waals surface area (Å²) in [5.74, 6) is 0.207. The van der Waals surface area contributed by atoms with Gasteiger partial charge in [-0.05, 0) is 43.4 Å². The minimum Gasteiger partial charge on any atom is -0.292 e. The van der Waals surface area contributed by atoms with Crippen molar-refractivity contribution in [1.82, 2.24) is 9.55 Å². The number of ketones is 1. The largest absolute Gasteiger partial charge is 0.292 e. The van der Waals surface area contributed by atoms with E-state index in [4.69, 9.17) is 16.6 Å². The molecule has 4 rings (SSSR count). The Balaban J connectivity index is 1.71. The molecule has 0 radical (unpaired) electrons. The Morgan fingerprint density at radius 1 is 1.33 bits per heavy atom. The van der Waals surface area contributed by atoms with Crippen molar-refractivity contribution in [3.63, 3.8) is 0 Å². The second-order valence-corrected chi connectivity index (χ2v) is 10.0. The molecule has 0 aromatic carbocycles. The van der Waals surface area contributed by atoms with Crippen molar-refractivity contribution in [2.75, 3.05) is 5.75 Å². The summed E-state index contributed by atoms with van der Waals surface area (Å²) >= 11 is 10.1. The highest BCUT2D eigenvalue weighted by Gasteiger charge is 2.22. The molecule has 0 spiro atoms. The minimum atomic E-state index is -0.0200. The molecular weight excluding hydrogens is 420 g/mol. The lowest BCUT2D eigenvalue weighted by Crippen LogP contribution is -2.23. The van der Waals surface area contributed by atoms with E-state index < -0.39 is 0 Å². The van der Waals surface area contributed by atoms with Gasteiger partial charge in [-0.1, -0.05) is 29.4 Å². The lowest BCUT2D eigenvalue weighted by Gasteiger charge is -2.12. The third-order valence-electron chi connectivity index (χ3n) is 4.53. The van der Waals surface area contributed by atoms with Crippen molar-refractivity contribution in [3.8, 4) is 0 Å². The van der Waals surface area contributed by atoms with Crippen molar-refractivity contribution in [1.29, 1.82) is 0 Å². The van der Waals surface area contributed by atoms with Gasteiger partial charge in [0, 0.05) is 11.4 Å². The summed E-state index contributed by atoms with van der Waals surface area (Å²) in [5.41, 5.74) is 1.16. The van der Waals surface area contributed by atoms with Gasteiger partial charge >= 0.3 is 0 Å². The van der Waals surface area contributed by atoms with Crippen molar-refractivity contribution in [3.05, 3.63) is 54.8 Å². The number of hydrogen-bond acceptors (Lipinski definition) is 6. The Labute approximate surface area is 173 Å². The standard InChI is InChI=1S/C19H17ClN2O2S3/c1-2-9-22-18(24)16-11-5-3-4-6-13(11)27-17(16)21-19(22)25-10-12(23)14-7-8-15(20)26-14/h2,7-8H,1,3-6,9-10H2. The highest BCUT2D eigenvalue weighted by molar-refractivity contribution is 7.99. The molecule has 3 aromatic rings. The van der Waals surface area contributed by atoms with Crippen LogP contribution in [0.3, 0.4) is 0 Å². The fourth-order valence-corrected chi connectivity index (χ4v) is 6.55. The first-order valence-corrected chi connectivity index (χ1v) is 11.7. The summed E-state index contributed by atoms with van der Waals surface area (Å²) in [5, 5.41) is 1.33. The van der Waals surface area contributed by atoms with Crippen LogP contribution in [0, 0.1) is 0 Å². The maximum absolute atomic E-state index is 13.2. The van der Waals surface area contributed by atoms with E-state index in [1.54, 1.807) is 34.1 Å². The van der Waals surface area contributed by atoms with Crippen LogP contribution in [-0.4, -0.2) is 21.1 Å². The smallest absolute Gasteiger partial charge is 0.263 e. The van der Waals surface area contributed by atoms with E-state index in [1.807, 2.05) is 0 Å². The molecule has 0 unspecified atom stereocenters. The van der Waals surface area contributed by atoms with Crippen LogP contribution in [0.15, 0.2) is 34.7 Å². The van der Waals surface area contributed by atoms with Crippen molar-refractivity contribution < 1.29 is 4.79 Å². The van der Waals surface area contributed by atoms with E-state index in [2.05, 4.69) is 6.58 Å². The zero-order chi connectivity index (χ0) is 19.0. The molecule has 0 atom stereocenters. The zero-order valence-electron chi connectivity index (χ0n) is 14.5. The Kier molecular flexibility index (Phi) is 5.55. The topological polar surface area (TPSA) is 52.0 Å². The van der Waals surface area contributed by atoms with Crippen LogP contribution in [0.25, 0.3) is 10.2 Å². The number of allylic oxidation sites excluding steroid dienone is 1. The molecule has 1 aliphatic carbocycles. The van der Waals surface area contributed by atoms with E-state index in [0.29, 0.717) is 20.9 Å². The van der Waals surface area contributed by atoms with Crippen LogP contribution < -0.4 is 5.56 Å². The van der Waals surface area contributed by atoms with Gasteiger partial charge in [0.15, 0.2) is 10.9 Å². The highest BCUT2D eigenvalue weighted by atomic mass is 35.5. The number of thiophene rings is 2. The van der Waals surface area contributed by atoms with Crippen molar-refractivity contribution in [2.24, 2.45) is 0 Å². The molecule has 0 fully saturated rings. The molecule has 0 bridgehead atoms. The fourth-order valence-electron chi connectivity index (χ4n) is 3.29. The fraction of sp³-hybridized carbons (Fsp3) is 0.316. The molecule has 27 heavy (non-hydrogen) atoms. The summed E-state index contributed by atoms with van der Waals surface area (Å²) in [6, 6.07) is 3.45. The van der Waals surface area contributed by atoms with E-state index >= 15 is 0 Å². The number of rotatable bonds is 6. The third-order valence-corrected chi connectivity index (χ3v) is 7.97. The van der Waals surface area contributed by atoms with Gasteiger partial charge in [-0.25, -0.2) is 4.98 Å². The number of aromatic nitrogens is 2. The molecule has 0 saturated heterocycles. The zero-order valence-corrected chi connectivity index (χ0v) is 17.7. The minimum absolute atomic E-state index is 0.0122. The average molecular weight is 437 g/mol. The molecule has 3 heterocycles. The van der Waals surface area contributed by atoms with E-state index in [1.165, 1.54) is 40.0 Å². The number of halogens is 1. The summed E-state index contributed by atoms with van der Waals surface area (Å²) < 4.78 is 2.23. The number of hydrogen-bond donors (Lipinski definition) is 0. The van der Waals surface area contributed by atoms with Gasteiger partial charge < -0.3 is 0 Å². The highest BCUT2D eigenvalue weighted by Crippen LogP contribution is 2.35. The summed E-state index contributed by atoms with van der Waals surface area (Å²) in [4.78, 5) is 33.0. The van der Waals surface area contributed by atoms with Gasteiger partial charge in [0.05, 0.1) is 20.4 Å². The second-order valence-electron chi connectivity index (χ2n) is 6.31. The Morgan fingerprint density at radius 3 is 2.89 bits per heavy atom. The Morgan fingerprint density at radius 2 is 2.15 bits per heavy atom. The molecule has 0 amide bonds. The molecule has 0 aliphatic heterocycles. The summed E-state index contributed by atoms with van der Waals surface area (Å²) in [7, 11) is 0. The molecule has 1 aliphatic rings. The monoisotopic (exact) mass is 436 g/mol. The lowest BCUT2D eigenvalue weighted by atomic mass is 9.97. The number of aryl methyl sites for hydroxylation is 2. The normalized spacial score (nSPS) is 13.7. The molecule has 0 saturated carbocycles. The molecule has 140 valence electrons. The predicted octanol–water partition coefficient (Wildman–Crippen LogP) is 5.21. The number of carbonyl (C=O) groups excluding carboxylic acids is 1. The maximum Gasteiger partial charge on any atom is 0.263 e. The van der Waals surface area contributed by atoms with Gasteiger partial charge in [0.25, 0.3) is 5.56 Å². The number of thioether (sulfide) groups is 1. The molecule has 4 nitrogen and oxygen atoms in total. The predicted molar refractivity (Wildman–Crippen MR) is 115 cm³/mol. The van der Waals surface area contributed by atoms with E-state index in [9.17, 15) is 9.59 Å². The van der Waals surface area contributed by atoms with Gasteiger partial charge in [-0.3, -0.25) is 14.2 Å². The van der Waals surface area contributed by atoms with Gasteiger partial charge in [0.1, 0.15) is 4.83 Å². The maximum atomic E-state index is 13.2. The number of Topliss-reactive ketones (excluding diaryl/α,β-unsaturated/α-hetero) is 1. The van der Waals surface area contributed by atoms with Crippen LogP contribution in [0.4, 0.5) is 0 Å². The van der Waals surface area contributed by atoms with Gasteiger partial charge in [-0.15, -0.1) is 29.3 Å². The summed E-state index contributed by atoms with van der Waals surface area (Å²) in [6.45, 7) is 4.15. The van der Waals surface area contributed by atoms with Crippen LogP contribution >= 0.6 is 46.0 Å². The molecule has 8 heteroatoms. The quantitative estimate of drug-likeness (QED) is 0.230. The summed E-state index contributed by atoms with van der Waals surface area (Å²) in [6.07, 6.45) is 5.95. The van der Waals surface area contributed by atoms with Crippen LogP contribution in [0.2, 0.25) is 4.34 Å². The Hall–Kier alpha value is -1.41. The molecule has 3 aromatic heterocycles. The average Bonchev–Trinajstić information content (AvgIpc) is 3.25. The van der Waals surface area contributed by atoms with Crippen molar-refractivity contribution in [2.45, 2.75) is 37.4 Å². The van der Waals surface area contributed by atoms with Crippen molar-refractivity contribution >= 4 is 62.0 Å². The van der Waals surface area contributed by atoms with Gasteiger partial charge in [-0.2, -0.15) is 0 Å². The molecular formula is C19H17ClN2O2S3. The van der Waals surface area contributed by atoms with Crippen LogP contribution in [0.1, 0.15) is 33.0 Å². The molecule has 0 N–H and O–H groups in total. The first-order valence-electron chi connectivity index (χ1n) is 8.66. The van der Waals surface area contributed by atoms with Crippen LogP contribution in [-0.2, 0) is 19.4 Å². The van der Waals surface area contributed by atoms with E-state index in [0.717, 1.165) is 29.5 Å². The van der Waals surface area contributed by atoms with Crippen LogP contribution in [0.5, 0.6) is 0 Å². The first-order chi connectivity index (χ1) is 13.1. The third kappa shape index (κ3) is 3.66. The second kappa shape index (κ2) is 7.91. The number of fused-ring (bicyclic) bond motifs is 3. The number of nitrogens with zero attached hydrogens (tertiary/aromatic N) is 2. The van der Waals surface area contributed by atoms with E-state index in [-0.39, 0.29) is 17.1 Å². The SMILES string of the molecule is C=CCn1c(SCC(=O)c2ccc(Cl)s2)nc2sc3c(c2c1=O)CCCC3. The number of carbonyl (C=O) groups is 1.